The lowest BCUT2D eigenvalue weighted by atomic mass is 10.4. The molecular formula is C13H27N3OS. The van der Waals surface area contributed by atoms with Crippen molar-refractivity contribution in [2.75, 3.05) is 52.4 Å². The Hall–Kier alpha value is -0.420. The van der Waals surface area contributed by atoms with E-state index in [0.717, 1.165) is 38.2 Å². The Morgan fingerprint density at radius 1 is 1.50 bits per heavy atom. The summed E-state index contributed by atoms with van der Waals surface area (Å²) in [6.07, 6.45) is 6.02. The van der Waals surface area contributed by atoms with E-state index in [-0.39, 0.29) is 0 Å². The summed E-state index contributed by atoms with van der Waals surface area (Å²) in [7, 11) is 3.89. The molecule has 0 aromatic heterocycles. The number of nitrogens with one attached hydrogen (secondary N) is 1. The number of likely N-dealkylation sites (N-methyl/N-ethyl adjacent to an activating group) is 1. The van der Waals surface area contributed by atoms with Crippen LogP contribution in [0, 0.1) is 5.92 Å². The summed E-state index contributed by atoms with van der Waals surface area (Å²) in [6, 6.07) is 0. The fraction of sp³-hybridized carbons (Fsp3) is 0.923. The van der Waals surface area contributed by atoms with Crippen molar-refractivity contribution in [3.63, 3.8) is 0 Å². The second-order valence-corrected chi connectivity index (χ2v) is 5.75. The van der Waals surface area contributed by atoms with Gasteiger partial charge in [0.05, 0.1) is 6.61 Å². The first-order chi connectivity index (χ1) is 8.77. The van der Waals surface area contributed by atoms with E-state index in [2.05, 4.69) is 28.5 Å². The van der Waals surface area contributed by atoms with Gasteiger partial charge in [-0.3, -0.25) is 4.99 Å². The minimum atomic E-state index is 0.790. The molecule has 0 radical (unpaired) electrons. The molecule has 106 valence electrons. The molecule has 0 spiro atoms. The van der Waals surface area contributed by atoms with Crippen molar-refractivity contribution >= 4 is 17.7 Å². The zero-order chi connectivity index (χ0) is 13.2. The molecule has 1 N–H and O–H groups in total. The second kappa shape index (κ2) is 9.50. The topological polar surface area (TPSA) is 36.9 Å². The smallest absolute Gasteiger partial charge is 0.193 e. The van der Waals surface area contributed by atoms with Gasteiger partial charge in [0.1, 0.15) is 0 Å². The molecule has 0 atom stereocenters. The molecule has 1 saturated carbocycles. The molecule has 0 aliphatic heterocycles. The van der Waals surface area contributed by atoms with Crippen LogP contribution in [0.1, 0.15) is 19.3 Å². The van der Waals surface area contributed by atoms with E-state index in [4.69, 9.17) is 4.74 Å². The second-order valence-electron chi connectivity index (χ2n) is 4.76. The molecule has 1 aliphatic carbocycles. The van der Waals surface area contributed by atoms with Crippen LogP contribution in [0.5, 0.6) is 0 Å². The van der Waals surface area contributed by atoms with Crippen molar-refractivity contribution in [1.82, 2.24) is 10.2 Å². The van der Waals surface area contributed by atoms with Gasteiger partial charge in [-0.05, 0) is 37.2 Å². The Bertz CT molecular complexity index is 244. The predicted molar refractivity (Wildman–Crippen MR) is 80.5 cm³/mol. The Morgan fingerprint density at radius 3 is 2.89 bits per heavy atom. The number of thioether (sulfide) groups is 1. The normalized spacial score (nSPS) is 15.8. The fourth-order valence-corrected chi connectivity index (χ4v) is 2.08. The highest BCUT2D eigenvalue weighted by Gasteiger charge is 2.21. The lowest BCUT2D eigenvalue weighted by Gasteiger charge is -2.22. The van der Waals surface area contributed by atoms with Crippen LogP contribution in [0.4, 0.5) is 0 Å². The van der Waals surface area contributed by atoms with E-state index >= 15 is 0 Å². The van der Waals surface area contributed by atoms with Crippen LogP contribution >= 0.6 is 11.8 Å². The first-order valence-corrected chi connectivity index (χ1v) is 8.15. The van der Waals surface area contributed by atoms with Gasteiger partial charge in [-0.15, -0.1) is 0 Å². The standard InChI is InChI=1S/C13H27N3OS/c1-14-13(15-7-4-10-18-3)16(2)8-9-17-11-12-5-6-12/h12H,4-11H2,1-3H3,(H,14,15). The van der Waals surface area contributed by atoms with Crippen molar-refractivity contribution in [3.05, 3.63) is 0 Å². The van der Waals surface area contributed by atoms with Crippen molar-refractivity contribution in [2.45, 2.75) is 19.3 Å². The monoisotopic (exact) mass is 273 g/mol. The molecule has 5 heteroatoms. The molecular weight excluding hydrogens is 246 g/mol. The number of ether oxygens (including phenoxy) is 1. The maximum Gasteiger partial charge on any atom is 0.193 e. The van der Waals surface area contributed by atoms with Gasteiger partial charge in [0.25, 0.3) is 0 Å². The van der Waals surface area contributed by atoms with E-state index in [0.29, 0.717) is 0 Å². The molecule has 0 saturated heterocycles. The fourth-order valence-electron chi connectivity index (χ4n) is 1.64. The minimum Gasteiger partial charge on any atom is -0.379 e. The zero-order valence-electron chi connectivity index (χ0n) is 11.9. The van der Waals surface area contributed by atoms with E-state index in [1.807, 2.05) is 18.8 Å². The number of aliphatic imine (C=N–C) groups is 1. The van der Waals surface area contributed by atoms with E-state index in [1.165, 1.54) is 25.0 Å². The first-order valence-electron chi connectivity index (χ1n) is 6.76. The van der Waals surface area contributed by atoms with Gasteiger partial charge >= 0.3 is 0 Å². The van der Waals surface area contributed by atoms with Gasteiger partial charge in [0.2, 0.25) is 0 Å². The Labute approximate surface area is 116 Å². The molecule has 1 rings (SSSR count). The highest BCUT2D eigenvalue weighted by molar-refractivity contribution is 7.98. The van der Waals surface area contributed by atoms with Crippen LogP contribution in [-0.2, 0) is 4.74 Å². The third-order valence-electron chi connectivity index (χ3n) is 3.00. The quantitative estimate of drug-likeness (QED) is 0.394. The maximum absolute atomic E-state index is 5.64. The van der Waals surface area contributed by atoms with Crippen LogP contribution in [0.15, 0.2) is 4.99 Å². The highest BCUT2D eigenvalue weighted by atomic mass is 32.2. The summed E-state index contributed by atoms with van der Waals surface area (Å²) in [4.78, 5) is 6.41. The molecule has 1 fully saturated rings. The van der Waals surface area contributed by atoms with Gasteiger partial charge in [0.15, 0.2) is 5.96 Å². The van der Waals surface area contributed by atoms with E-state index in [9.17, 15) is 0 Å². The highest BCUT2D eigenvalue weighted by Crippen LogP contribution is 2.28. The average molecular weight is 273 g/mol. The summed E-state index contributed by atoms with van der Waals surface area (Å²) >= 11 is 1.88. The molecule has 0 aromatic carbocycles. The van der Waals surface area contributed by atoms with Gasteiger partial charge in [-0.2, -0.15) is 11.8 Å². The number of rotatable bonds is 9. The molecule has 0 unspecified atom stereocenters. The summed E-state index contributed by atoms with van der Waals surface area (Å²) < 4.78 is 5.64. The van der Waals surface area contributed by atoms with Crippen LogP contribution in [0.25, 0.3) is 0 Å². The first kappa shape index (κ1) is 15.6. The van der Waals surface area contributed by atoms with Crippen molar-refractivity contribution < 1.29 is 4.74 Å². The summed E-state index contributed by atoms with van der Waals surface area (Å²) in [5.41, 5.74) is 0. The van der Waals surface area contributed by atoms with Gasteiger partial charge in [-0.1, -0.05) is 0 Å². The van der Waals surface area contributed by atoms with Crippen LogP contribution in [-0.4, -0.2) is 63.3 Å². The molecule has 0 amide bonds. The van der Waals surface area contributed by atoms with Crippen molar-refractivity contribution in [3.8, 4) is 0 Å². The van der Waals surface area contributed by atoms with Crippen molar-refractivity contribution in [2.24, 2.45) is 10.9 Å². The Balaban J connectivity index is 2.05. The number of hydrogen-bond acceptors (Lipinski definition) is 3. The Kier molecular flexibility index (Phi) is 8.25. The van der Waals surface area contributed by atoms with Crippen LogP contribution in [0.3, 0.4) is 0 Å². The number of hydrogen-bond donors (Lipinski definition) is 1. The summed E-state index contributed by atoms with van der Waals surface area (Å²) in [6.45, 7) is 3.61. The number of guanidine groups is 1. The van der Waals surface area contributed by atoms with Crippen molar-refractivity contribution in [1.29, 1.82) is 0 Å². The molecule has 0 heterocycles. The lowest BCUT2D eigenvalue weighted by Crippen LogP contribution is -2.41. The average Bonchev–Trinajstić information content (AvgIpc) is 3.18. The molecule has 4 nitrogen and oxygen atoms in total. The minimum absolute atomic E-state index is 0.790. The third-order valence-corrected chi connectivity index (χ3v) is 3.70. The third kappa shape index (κ3) is 7.11. The van der Waals surface area contributed by atoms with Crippen LogP contribution in [0.2, 0.25) is 0 Å². The van der Waals surface area contributed by atoms with Gasteiger partial charge in [0, 0.05) is 33.8 Å². The molecule has 18 heavy (non-hydrogen) atoms. The number of nitrogens with zero attached hydrogens (tertiary/aromatic N) is 2. The molecule has 0 bridgehead atoms. The van der Waals surface area contributed by atoms with Gasteiger partial charge in [-0.25, -0.2) is 0 Å². The van der Waals surface area contributed by atoms with Crippen LogP contribution < -0.4 is 5.32 Å². The molecule has 0 aromatic rings. The lowest BCUT2D eigenvalue weighted by molar-refractivity contribution is 0.115. The predicted octanol–water partition coefficient (Wildman–Crippen LogP) is 1.67. The summed E-state index contributed by atoms with van der Waals surface area (Å²) in [5.74, 6) is 3.00. The Morgan fingerprint density at radius 2 is 2.28 bits per heavy atom. The maximum atomic E-state index is 5.64. The largest absolute Gasteiger partial charge is 0.379 e. The molecule has 1 aliphatic rings. The SMILES string of the molecule is CN=C(NCCCSC)N(C)CCOCC1CC1. The van der Waals surface area contributed by atoms with E-state index < -0.39 is 0 Å². The summed E-state index contributed by atoms with van der Waals surface area (Å²) in [5, 5.41) is 3.37. The zero-order valence-corrected chi connectivity index (χ0v) is 12.8. The van der Waals surface area contributed by atoms with Gasteiger partial charge < -0.3 is 15.0 Å². The van der Waals surface area contributed by atoms with E-state index in [1.54, 1.807) is 0 Å².